The van der Waals surface area contributed by atoms with Gasteiger partial charge in [-0.1, -0.05) is 22.0 Å². The van der Waals surface area contributed by atoms with Crippen LogP contribution in [0.1, 0.15) is 0 Å². The van der Waals surface area contributed by atoms with Crippen molar-refractivity contribution in [2.45, 2.75) is 6.04 Å². The fraction of sp³-hybridized carbons (Fsp3) is 0.364. The lowest BCUT2D eigenvalue weighted by molar-refractivity contribution is -0.139. The van der Waals surface area contributed by atoms with Crippen molar-refractivity contribution in [3.05, 3.63) is 28.7 Å². The van der Waals surface area contributed by atoms with Gasteiger partial charge in [0.25, 0.3) is 0 Å². The standard InChI is InChI=1S/C11H13BrN2O2/c12-8-2-1-3-9(6-8)14-5-4-13-10(7-14)11(15)16/h1-3,6,10,13H,4-5,7H2,(H,15,16). The van der Waals surface area contributed by atoms with Gasteiger partial charge in [0.15, 0.2) is 0 Å². The minimum Gasteiger partial charge on any atom is -0.480 e. The first kappa shape index (κ1) is 11.4. The van der Waals surface area contributed by atoms with E-state index >= 15 is 0 Å². The average Bonchev–Trinajstić information content (AvgIpc) is 2.29. The van der Waals surface area contributed by atoms with Crippen molar-refractivity contribution in [2.24, 2.45) is 0 Å². The van der Waals surface area contributed by atoms with Gasteiger partial charge in [-0.05, 0) is 18.2 Å². The van der Waals surface area contributed by atoms with Gasteiger partial charge in [-0.2, -0.15) is 0 Å². The Kier molecular flexibility index (Phi) is 3.46. The van der Waals surface area contributed by atoms with Crippen LogP contribution in [0.2, 0.25) is 0 Å². The Hall–Kier alpha value is -1.07. The van der Waals surface area contributed by atoms with Crippen molar-refractivity contribution in [1.29, 1.82) is 0 Å². The molecule has 1 aromatic rings. The van der Waals surface area contributed by atoms with E-state index in [1.54, 1.807) is 0 Å². The van der Waals surface area contributed by atoms with Crippen LogP contribution in [0, 0.1) is 0 Å². The lowest BCUT2D eigenvalue weighted by atomic mass is 10.2. The van der Waals surface area contributed by atoms with E-state index in [1.807, 2.05) is 24.3 Å². The van der Waals surface area contributed by atoms with Crippen LogP contribution >= 0.6 is 15.9 Å². The molecule has 1 heterocycles. The van der Waals surface area contributed by atoms with Crippen molar-refractivity contribution in [1.82, 2.24) is 5.32 Å². The van der Waals surface area contributed by atoms with Crippen LogP contribution in [0.4, 0.5) is 5.69 Å². The summed E-state index contributed by atoms with van der Waals surface area (Å²) in [6.45, 7) is 2.04. The molecule has 1 unspecified atom stereocenters. The molecule has 0 bridgehead atoms. The maximum Gasteiger partial charge on any atom is 0.322 e. The summed E-state index contributed by atoms with van der Waals surface area (Å²) in [6, 6.07) is 7.43. The zero-order chi connectivity index (χ0) is 11.5. The molecule has 86 valence electrons. The molecule has 0 spiro atoms. The van der Waals surface area contributed by atoms with Crippen LogP contribution in [0.15, 0.2) is 28.7 Å². The fourth-order valence-corrected chi connectivity index (χ4v) is 2.21. The fourth-order valence-electron chi connectivity index (χ4n) is 1.82. The van der Waals surface area contributed by atoms with Gasteiger partial charge in [0.2, 0.25) is 0 Å². The van der Waals surface area contributed by atoms with Gasteiger partial charge in [-0.15, -0.1) is 0 Å². The topological polar surface area (TPSA) is 52.6 Å². The van der Waals surface area contributed by atoms with Gasteiger partial charge < -0.3 is 15.3 Å². The zero-order valence-corrected chi connectivity index (χ0v) is 10.3. The molecule has 0 saturated carbocycles. The highest BCUT2D eigenvalue weighted by atomic mass is 79.9. The van der Waals surface area contributed by atoms with Gasteiger partial charge in [-0.3, -0.25) is 4.79 Å². The number of aliphatic carboxylic acids is 1. The van der Waals surface area contributed by atoms with Gasteiger partial charge in [0.1, 0.15) is 6.04 Å². The average molecular weight is 285 g/mol. The van der Waals surface area contributed by atoms with Crippen LogP contribution < -0.4 is 10.2 Å². The number of halogens is 1. The molecular formula is C11H13BrN2O2. The predicted molar refractivity (Wildman–Crippen MR) is 65.8 cm³/mol. The molecule has 4 nitrogen and oxygen atoms in total. The molecule has 0 radical (unpaired) electrons. The lowest BCUT2D eigenvalue weighted by Crippen LogP contribution is -2.54. The van der Waals surface area contributed by atoms with Crippen molar-refractivity contribution < 1.29 is 9.90 Å². The minimum absolute atomic E-state index is 0.479. The highest BCUT2D eigenvalue weighted by molar-refractivity contribution is 9.10. The molecule has 0 amide bonds. The summed E-state index contributed by atoms with van der Waals surface area (Å²) in [7, 11) is 0. The second-order valence-corrected chi connectivity index (χ2v) is 4.69. The smallest absolute Gasteiger partial charge is 0.322 e. The molecule has 1 saturated heterocycles. The van der Waals surface area contributed by atoms with Gasteiger partial charge in [0, 0.05) is 29.8 Å². The normalized spacial score (nSPS) is 20.8. The third-order valence-electron chi connectivity index (χ3n) is 2.65. The Morgan fingerprint density at radius 1 is 1.56 bits per heavy atom. The molecule has 1 aliphatic rings. The molecule has 0 aromatic heterocycles. The number of carboxylic acid groups (broad SMARTS) is 1. The second kappa shape index (κ2) is 4.84. The van der Waals surface area contributed by atoms with E-state index in [0.29, 0.717) is 13.1 Å². The summed E-state index contributed by atoms with van der Waals surface area (Å²) in [4.78, 5) is 13.0. The number of hydrogen-bond donors (Lipinski definition) is 2. The highest BCUT2D eigenvalue weighted by Gasteiger charge is 2.24. The Morgan fingerprint density at radius 2 is 2.38 bits per heavy atom. The number of hydrogen-bond acceptors (Lipinski definition) is 3. The molecule has 1 atom stereocenters. The van der Waals surface area contributed by atoms with Crippen LogP contribution in [-0.4, -0.2) is 36.8 Å². The number of benzene rings is 1. The SMILES string of the molecule is O=C(O)C1CN(c2cccc(Br)c2)CCN1. The first-order chi connectivity index (χ1) is 7.66. The number of nitrogens with zero attached hydrogens (tertiary/aromatic N) is 1. The molecule has 1 aromatic carbocycles. The first-order valence-electron chi connectivity index (χ1n) is 5.13. The van der Waals surface area contributed by atoms with E-state index in [-0.39, 0.29) is 0 Å². The molecule has 1 aliphatic heterocycles. The third kappa shape index (κ3) is 2.54. The van der Waals surface area contributed by atoms with E-state index in [9.17, 15) is 4.79 Å². The highest BCUT2D eigenvalue weighted by Crippen LogP contribution is 2.20. The van der Waals surface area contributed by atoms with Crippen molar-refractivity contribution in [3.8, 4) is 0 Å². The predicted octanol–water partition coefficient (Wildman–Crippen LogP) is 1.31. The largest absolute Gasteiger partial charge is 0.480 e. The summed E-state index contributed by atoms with van der Waals surface area (Å²) in [5.74, 6) is -0.792. The van der Waals surface area contributed by atoms with E-state index in [4.69, 9.17) is 5.11 Å². The lowest BCUT2D eigenvalue weighted by Gasteiger charge is -2.33. The molecular weight excluding hydrogens is 272 g/mol. The van der Waals surface area contributed by atoms with E-state index in [1.165, 1.54) is 0 Å². The number of carboxylic acids is 1. The molecule has 2 rings (SSSR count). The van der Waals surface area contributed by atoms with Crippen LogP contribution in [0.5, 0.6) is 0 Å². The summed E-state index contributed by atoms with van der Waals surface area (Å²) in [5.41, 5.74) is 1.06. The first-order valence-corrected chi connectivity index (χ1v) is 5.93. The van der Waals surface area contributed by atoms with Crippen LogP contribution in [0.25, 0.3) is 0 Å². The van der Waals surface area contributed by atoms with E-state index < -0.39 is 12.0 Å². The molecule has 16 heavy (non-hydrogen) atoms. The van der Waals surface area contributed by atoms with Gasteiger partial charge in [-0.25, -0.2) is 0 Å². The third-order valence-corrected chi connectivity index (χ3v) is 3.14. The summed E-state index contributed by atoms with van der Waals surface area (Å²) in [6.07, 6.45) is 0. The van der Waals surface area contributed by atoms with E-state index in [2.05, 4.69) is 26.1 Å². The quantitative estimate of drug-likeness (QED) is 0.860. The van der Waals surface area contributed by atoms with E-state index in [0.717, 1.165) is 16.7 Å². The Balaban J connectivity index is 2.12. The number of anilines is 1. The summed E-state index contributed by atoms with van der Waals surface area (Å²) in [5, 5.41) is 11.9. The minimum atomic E-state index is -0.792. The molecule has 0 aliphatic carbocycles. The maximum absolute atomic E-state index is 10.9. The van der Waals surface area contributed by atoms with Crippen molar-refractivity contribution in [3.63, 3.8) is 0 Å². The molecule has 1 fully saturated rings. The molecule has 5 heteroatoms. The maximum atomic E-state index is 10.9. The Bertz CT molecular complexity index is 397. The van der Waals surface area contributed by atoms with Crippen molar-refractivity contribution in [2.75, 3.05) is 24.5 Å². The number of nitrogens with one attached hydrogen (secondary N) is 1. The monoisotopic (exact) mass is 284 g/mol. The van der Waals surface area contributed by atoms with Gasteiger partial charge >= 0.3 is 5.97 Å². The van der Waals surface area contributed by atoms with Crippen molar-refractivity contribution >= 4 is 27.6 Å². The Morgan fingerprint density at radius 3 is 3.06 bits per heavy atom. The van der Waals surface area contributed by atoms with Gasteiger partial charge in [0.05, 0.1) is 0 Å². The summed E-state index contributed by atoms with van der Waals surface area (Å²) < 4.78 is 1.01. The molecule has 2 N–H and O–H groups in total. The number of piperazine rings is 1. The number of rotatable bonds is 2. The van der Waals surface area contributed by atoms with Crippen LogP contribution in [0.3, 0.4) is 0 Å². The Labute approximate surface area is 102 Å². The number of carbonyl (C=O) groups is 1. The second-order valence-electron chi connectivity index (χ2n) is 3.77. The van der Waals surface area contributed by atoms with Crippen LogP contribution in [-0.2, 0) is 4.79 Å². The summed E-state index contributed by atoms with van der Waals surface area (Å²) >= 11 is 3.41. The zero-order valence-electron chi connectivity index (χ0n) is 8.69.